The number of hydrogen-bond acceptors (Lipinski definition) is 2. The molecule has 0 atom stereocenters. The van der Waals surface area contributed by atoms with E-state index in [1.807, 2.05) is 0 Å². The predicted molar refractivity (Wildman–Crippen MR) is 81.3 cm³/mol. The van der Waals surface area contributed by atoms with E-state index in [0.717, 1.165) is 11.6 Å². The molecule has 7 heteroatoms. The number of carbonyl (C=O) groups excluding carboxylic acids is 2. The zero-order valence-electron chi connectivity index (χ0n) is 12.4. The number of nitrogens with zero attached hydrogens (tertiary/aromatic N) is 1. The van der Waals surface area contributed by atoms with Crippen molar-refractivity contribution < 1.29 is 22.8 Å². The van der Waals surface area contributed by atoms with Crippen LogP contribution in [-0.4, -0.2) is 23.3 Å². The molecule has 1 N–H and O–H groups in total. The van der Waals surface area contributed by atoms with E-state index in [1.165, 1.54) is 23.1 Å². The minimum Gasteiger partial charge on any atom is -0.325 e. The Morgan fingerprint density at radius 3 is 2.46 bits per heavy atom. The van der Waals surface area contributed by atoms with Crippen molar-refractivity contribution in [2.24, 2.45) is 0 Å². The van der Waals surface area contributed by atoms with Crippen molar-refractivity contribution in [2.45, 2.75) is 12.7 Å². The van der Waals surface area contributed by atoms with Gasteiger partial charge in [0.15, 0.2) is 0 Å². The molecule has 124 valence electrons. The molecule has 1 aliphatic rings. The van der Waals surface area contributed by atoms with Crippen molar-refractivity contribution in [1.82, 2.24) is 4.90 Å². The van der Waals surface area contributed by atoms with Crippen LogP contribution in [-0.2, 0) is 17.5 Å². The van der Waals surface area contributed by atoms with Crippen molar-refractivity contribution in [2.75, 3.05) is 11.9 Å². The van der Waals surface area contributed by atoms with Crippen LogP contribution < -0.4 is 5.32 Å². The Balaban J connectivity index is 1.71. The van der Waals surface area contributed by atoms with E-state index in [1.54, 1.807) is 24.3 Å². The molecule has 2 aromatic carbocycles. The summed E-state index contributed by atoms with van der Waals surface area (Å²) >= 11 is 0. The molecule has 0 bridgehead atoms. The van der Waals surface area contributed by atoms with Gasteiger partial charge < -0.3 is 10.2 Å². The molecule has 0 saturated heterocycles. The van der Waals surface area contributed by atoms with Crippen molar-refractivity contribution in [3.05, 3.63) is 65.2 Å². The Bertz CT molecular complexity index is 802. The van der Waals surface area contributed by atoms with Gasteiger partial charge in [0.1, 0.15) is 6.54 Å². The number of carbonyl (C=O) groups is 2. The number of rotatable bonds is 3. The summed E-state index contributed by atoms with van der Waals surface area (Å²) in [6.45, 7) is -0.0386. The number of para-hydroxylation sites is 1. The number of alkyl halides is 3. The minimum absolute atomic E-state index is 0.267. The Morgan fingerprint density at radius 1 is 1.08 bits per heavy atom. The summed E-state index contributed by atoms with van der Waals surface area (Å²) in [4.78, 5) is 25.6. The molecule has 3 rings (SSSR count). The number of amides is 2. The Hall–Kier alpha value is -2.83. The normalized spacial score (nSPS) is 13.8. The summed E-state index contributed by atoms with van der Waals surface area (Å²) in [5, 5.41) is 2.24. The first-order valence-electron chi connectivity index (χ1n) is 7.19. The van der Waals surface area contributed by atoms with Gasteiger partial charge in [0.25, 0.3) is 5.91 Å². The minimum atomic E-state index is -4.57. The lowest BCUT2D eigenvalue weighted by molar-refractivity contribution is -0.137. The van der Waals surface area contributed by atoms with E-state index >= 15 is 0 Å². The van der Waals surface area contributed by atoms with Gasteiger partial charge in [-0.3, -0.25) is 9.59 Å². The summed E-state index contributed by atoms with van der Waals surface area (Å²) in [6.07, 6.45) is -4.57. The highest BCUT2D eigenvalue weighted by molar-refractivity contribution is 6.02. The smallest absolute Gasteiger partial charge is 0.325 e. The molecule has 4 nitrogen and oxygen atoms in total. The number of fused-ring (bicyclic) bond motifs is 1. The van der Waals surface area contributed by atoms with Crippen LogP contribution in [0.5, 0.6) is 0 Å². The molecule has 0 aromatic heterocycles. The van der Waals surface area contributed by atoms with E-state index in [-0.39, 0.29) is 24.7 Å². The van der Waals surface area contributed by atoms with Gasteiger partial charge >= 0.3 is 6.18 Å². The number of benzene rings is 2. The SMILES string of the molecule is O=C(CN1Cc2ccccc2C1=O)Nc1ccccc1C(F)(F)F. The highest BCUT2D eigenvalue weighted by Gasteiger charge is 2.34. The zero-order chi connectivity index (χ0) is 17.3. The van der Waals surface area contributed by atoms with Crippen molar-refractivity contribution in [3.8, 4) is 0 Å². The fourth-order valence-electron chi connectivity index (χ4n) is 2.64. The summed E-state index contributed by atoms with van der Waals surface area (Å²) in [5.74, 6) is -0.974. The summed E-state index contributed by atoms with van der Waals surface area (Å²) in [5.41, 5.74) is 0.0699. The molecule has 0 radical (unpaired) electrons. The fraction of sp³-hybridized carbons (Fsp3) is 0.176. The predicted octanol–water partition coefficient (Wildman–Crippen LogP) is 3.30. The van der Waals surface area contributed by atoms with Crippen molar-refractivity contribution >= 4 is 17.5 Å². The molecule has 1 aliphatic heterocycles. The average Bonchev–Trinajstić information content (AvgIpc) is 2.83. The Kier molecular flexibility index (Phi) is 4.01. The Labute approximate surface area is 135 Å². The second kappa shape index (κ2) is 5.99. The zero-order valence-corrected chi connectivity index (χ0v) is 12.4. The number of hydrogen-bond donors (Lipinski definition) is 1. The third kappa shape index (κ3) is 3.10. The number of nitrogens with one attached hydrogen (secondary N) is 1. The van der Waals surface area contributed by atoms with Gasteiger partial charge in [0.2, 0.25) is 5.91 Å². The van der Waals surface area contributed by atoms with Gasteiger partial charge in [-0.05, 0) is 23.8 Å². The highest BCUT2D eigenvalue weighted by Crippen LogP contribution is 2.34. The van der Waals surface area contributed by atoms with Crippen LogP contribution in [0.2, 0.25) is 0 Å². The van der Waals surface area contributed by atoms with Gasteiger partial charge in [-0.25, -0.2) is 0 Å². The molecule has 1 heterocycles. The van der Waals surface area contributed by atoms with Gasteiger partial charge in [-0.2, -0.15) is 13.2 Å². The van der Waals surface area contributed by atoms with Crippen LogP contribution >= 0.6 is 0 Å². The van der Waals surface area contributed by atoms with E-state index < -0.39 is 17.6 Å². The van der Waals surface area contributed by atoms with Crippen molar-refractivity contribution in [1.29, 1.82) is 0 Å². The van der Waals surface area contributed by atoms with Gasteiger partial charge in [0, 0.05) is 12.1 Å². The number of anilines is 1. The van der Waals surface area contributed by atoms with Gasteiger partial charge in [0.05, 0.1) is 11.3 Å². The molecule has 0 aliphatic carbocycles. The van der Waals surface area contributed by atoms with Crippen LogP contribution in [0.4, 0.5) is 18.9 Å². The summed E-state index contributed by atoms with van der Waals surface area (Å²) in [7, 11) is 0. The molecule has 2 amide bonds. The van der Waals surface area contributed by atoms with E-state index in [0.29, 0.717) is 5.56 Å². The van der Waals surface area contributed by atoms with Crippen LogP contribution in [0.15, 0.2) is 48.5 Å². The van der Waals surface area contributed by atoms with E-state index in [4.69, 9.17) is 0 Å². The topological polar surface area (TPSA) is 49.4 Å². The molecule has 0 fully saturated rings. The molecule has 0 spiro atoms. The number of halogens is 3. The van der Waals surface area contributed by atoms with Crippen molar-refractivity contribution in [3.63, 3.8) is 0 Å². The van der Waals surface area contributed by atoms with Gasteiger partial charge in [-0.1, -0.05) is 30.3 Å². The summed E-state index contributed by atoms with van der Waals surface area (Å²) < 4.78 is 38.8. The third-order valence-corrected chi connectivity index (χ3v) is 3.74. The first-order chi connectivity index (χ1) is 11.4. The maximum absolute atomic E-state index is 12.9. The maximum atomic E-state index is 12.9. The maximum Gasteiger partial charge on any atom is 0.418 e. The second-order valence-corrected chi connectivity index (χ2v) is 5.41. The molecule has 0 unspecified atom stereocenters. The fourth-order valence-corrected chi connectivity index (χ4v) is 2.64. The molecule has 24 heavy (non-hydrogen) atoms. The molecular formula is C17H13F3N2O2. The molecule has 2 aromatic rings. The van der Waals surface area contributed by atoms with Crippen LogP contribution in [0, 0.1) is 0 Å². The monoisotopic (exact) mass is 334 g/mol. The Morgan fingerprint density at radius 2 is 1.75 bits per heavy atom. The largest absolute Gasteiger partial charge is 0.418 e. The summed E-state index contributed by atoms with van der Waals surface area (Å²) in [6, 6.07) is 11.7. The highest BCUT2D eigenvalue weighted by atomic mass is 19.4. The first-order valence-corrected chi connectivity index (χ1v) is 7.19. The van der Waals surface area contributed by atoms with E-state index in [2.05, 4.69) is 5.32 Å². The third-order valence-electron chi connectivity index (χ3n) is 3.74. The lowest BCUT2D eigenvalue weighted by atomic mass is 10.1. The average molecular weight is 334 g/mol. The first kappa shape index (κ1) is 16.0. The van der Waals surface area contributed by atoms with Crippen LogP contribution in [0.1, 0.15) is 21.5 Å². The standard InChI is InChI=1S/C17H13F3N2O2/c18-17(19,20)13-7-3-4-8-14(13)21-15(23)10-22-9-11-5-1-2-6-12(11)16(22)24/h1-8H,9-10H2,(H,21,23). The quantitative estimate of drug-likeness (QED) is 0.936. The lowest BCUT2D eigenvalue weighted by Crippen LogP contribution is -2.33. The molecule has 0 saturated carbocycles. The van der Waals surface area contributed by atoms with Crippen LogP contribution in [0.3, 0.4) is 0 Å². The second-order valence-electron chi connectivity index (χ2n) is 5.41. The van der Waals surface area contributed by atoms with Crippen LogP contribution in [0.25, 0.3) is 0 Å². The van der Waals surface area contributed by atoms with Gasteiger partial charge in [-0.15, -0.1) is 0 Å². The molecular weight excluding hydrogens is 321 g/mol. The lowest BCUT2D eigenvalue weighted by Gasteiger charge is -2.17. The van der Waals surface area contributed by atoms with E-state index in [9.17, 15) is 22.8 Å².